The third-order valence-corrected chi connectivity index (χ3v) is 6.78. The number of hydroxylamine groups is 1. The molecule has 0 bridgehead atoms. The van der Waals surface area contributed by atoms with Crippen molar-refractivity contribution < 1.29 is 19.6 Å². The van der Waals surface area contributed by atoms with E-state index in [2.05, 4.69) is 30.5 Å². The number of aromatic nitrogens is 1. The van der Waals surface area contributed by atoms with Crippen molar-refractivity contribution in [3.8, 4) is 0 Å². The molecule has 34 heavy (non-hydrogen) atoms. The van der Waals surface area contributed by atoms with Crippen molar-refractivity contribution in [2.24, 2.45) is 5.92 Å². The minimum absolute atomic E-state index is 0.00734. The Hall–Kier alpha value is -3.65. The predicted octanol–water partition coefficient (Wildman–Crippen LogP) is 2.56. The molecule has 0 aliphatic carbocycles. The Morgan fingerprint density at radius 3 is 2.53 bits per heavy atom. The van der Waals surface area contributed by atoms with Crippen LogP contribution in [0.2, 0.25) is 0 Å². The lowest BCUT2D eigenvalue weighted by atomic mass is 9.93. The van der Waals surface area contributed by atoms with Crippen LogP contribution >= 0.6 is 0 Å². The Bertz CT molecular complexity index is 1280. The van der Waals surface area contributed by atoms with E-state index in [1.165, 1.54) is 0 Å². The summed E-state index contributed by atoms with van der Waals surface area (Å²) in [7, 11) is 0. The molecule has 2 aliphatic heterocycles. The van der Waals surface area contributed by atoms with Gasteiger partial charge in [0.05, 0.1) is 13.1 Å². The predicted molar refractivity (Wildman–Crippen MR) is 126 cm³/mol. The van der Waals surface area contributed by atoms with E-state index in [9.17, 15) is 14.4 Å². The number of carbonyl (C=O) groups excluding carboxylic acids is 3. The maximum absolute atomic E-state index is 13.3. The zero-order chi connectivity index (χ0) is 24.0. The largest absolute Gasteiger partial charge is 0.338 e. The number of para-hydroxylation sites is 1. The molecule has 2 aliphatic rings. The summed E-state index contributed by atoms with van der Waals surface area (Å²) in [6.07, 6.45) is 0.512. The van der Waals surface area contributed by atoms with E-state index in [1.807, 2.05) is 24.3 Å². The molecule has 8 heteroatoms. The number of nitrogens with one attached hydrogen (secondary N) is 1. The van der Waals surface area contributed by atoms with Gasteiger partial charge in [-0.05, 0) is 35.2 Å². The molecule has 3 aromatic rings. The molecule has 0 radical (unpaired) electrons. The average molecular weight is 461 g/mol. The van der Waals surface area contributed by atoms with Crippen molar-refractivity contribution in [1.82, 2.24) is 19.8 Å². The number of fused-ring (bicyclic) bond motifs is 4. The number of carbonyl (C=O) groups is 3. The molecule has 1 unspecified atom stereocenters. The van der Waals surface area contributed by atoms with Crippen LogP contribution in [-0.2, 0) is 29.1 Å². The van der Waals surface area contributed by atoms with E-state index in [-0.39, 0.29) is 18.4 Å². The number of nitrogens with zero attached hydrogens (tertiary/aromatic N) is 3. The van der Waals surface area contributed by atoms with Crippen LogP contribution in [0, 0.1) is 5.92 Å². The summed E-state index contributed by atoms with van der Waals surface area (Å²) in [4.78, 5) is 41.4. The lowest BCUT2D eigenvalue weighted by molar-refractivity contribution is -0.157. The number of hydrogen-bond acceptors (Lipinski definition) is 4. The van der Waals surface area contributed by atoms with Crippen LogP contribution in [0.4, 0.5) is 0 Å². The molecule has 3 amide bonds. The van der Waals surface area contributed by atoms with E-state index in [0.29, 0.717) is 37.5 Å². The second kappa shape index (κ2) is 8.61. The first-order chi connectivity index (χ1) is 16.4. The third kappa shape index (κ3) is 3.74. The molecule has 1 fully saturated rings. The molecule has 2 N–H and O–H groups in total. The van der Waals surface area contributed by atoms with Crippen molar-refractivity contribution in [2.75, 3.05) is 13.1 Å². The highest BCUT2D eigenvalue weighted by Gasteiger charge is 2.43. The molecule has 0 saturated carbocycles. The molecular formula is C26H28N4O4. The normalized spacial score (nSPS) is 17.8. The van der Waals surface area contributed by atoms with Gasteiger partial charge in [-0.25, -0.2) is 5.48 Å². The van der Waals surface area contributed by atoms with Crippen LogP contribution in [0.3, 0.4) is 0 Å². The van der Waals surface area contributed by atoms with Gasteiger partial charge < -0.3 is 14.4 Å². The molecule has 2 aromatic carbocycles. The molecule has 1 aromatic heterocycles. The Morgan fingerprint density at radius 2 is 1.82 bits per heavy atom. The van der Waals surface area contributed by atoms with Gasteiger partial charge in [-0.15, -0.1) is 0 Å². The molecule has 8 nitrogen and oxygen atoms in total. The SMILES string of the molecule is CC(C)CN1CC(=O)N2Cc3c(c4ccccc4n3Cc3ccc(C(=O)NO)cc3)CC2C1=O. The molecule has 176 valence electrons. The molecular weight excluding hydrogens is 432 g/mol. The van der Waals surface area contributed by atoms with Gasteiger partial charge in [-0.3, -0.25) is 19.6 Å². The number of hydrogen-bond donors (Lipinski definition) is 2. The maximum Gasteiger partial charge on any atom is 0.274 e. The van der Waals surface area contributed by atoms with E-state index in [4.69, 9.17) is 5.21 Å². The summed E-state index contributed by atoms with van der Waals surface area (Å²) >= 11 is 0. The van der Waals surface area contributed by atoms with Crippen LogP contribution in [0.1, 0.15) is 41.0 Å². The van der Waals surface area contributed by atoms with Crippen LogP contribution in [-0.4, -0.2) is 56.4 Å². The topological polar surface area (TPSA) is 94.9 Å². The van der Waals surface area contributed by atoms with Crippen LogP contribution in [0.15, 0.2) is 48.5 Å². The summed E-state index contributed by atoms with van der Waals surface area (Å²) < 4.78 is 2.21. The van der Waals surface area contributed by atoms with Crippen molar-refractivity contribution >= 4 is 28.6 Å². The smallest absolute Gasteiger partial charge is 0.274 e. The lowest BCUT2D eigenvalue weighted by Crippen LogP contribution is -2.62. The quantitative estimate of drug-likeness (QED) is 0.452. The summed E-state index contributed by atoms with van der Waals surface area (Å²) in [6.45, 7) is 5.81. The Balaban J connectivity index is 1.52. The molecule has 1 atom stereocenters. The highest BCUT2D eigenvalue weighted by Crippen LogP contribution is 2.35. The Labute approximate surface area is 197 Å². The summed E-state index contributed by atoms with van der Waals surface area (Å²) in [5, 5.41) is 9.95. The van der Waals surface area contributed by atoms with Crippen molar-refractivity contribution in [3.63, 3.8) is 0 Å². The monoisotopic (exact) mass is 460 g/mol. The Kier molecular flexibility index (Phi) is 5.61. The van der Waals surface area contributed by atoms with Gasteiger partial charge in [-0.2, -0.15) is 0 Å². The van der Waals surface area contributed by atoms with Gasteiger partial charge in [0.15, 0.2) is 0 Å². The van der Waals surface area contributed by atoms with E-state index >= 15 is 0 Å². The van der Waals surface area contributed by atoms with E-state index in [1.54, 1.807) is 27.4 Å². The number of piperazine rings is 1. The minimum Gasteiger partial charge on any atom is -0.338 e. The second-order valence-electron chi connectivity index (χ2n) is 9.52. The highest BCUT2D eigenvalue weighted by molar-refractivity contribution is 5.97. The zero-order valence-electron chi connectivity index (χ0n) is 19.3. The van der Waals surface area contributed by atoms with Crippen molar-refractivity contribution in [3.05, 3.63) is 70.9 Å². The van der Waals surface area contributed by atoms with Gasteiger partial charge in [-0.1, -0.05) is 44.2 Å². The maximum atomic E-state index is 13.3. The van der Waals surface area contributed by atoms with Crippen molar-refractivity contribution in [2.45, 2.75) is 39.4 Å². The summed E-state index contributed by atoms with van der Waals surface area (Å²) in [5.74, 6) is -0.221. The number of benzene rings is 2. The average Bonchev–Trinajstić information content (AvgIpc) is 3.14. The first kappa shape index (κ1) is 22.2. The first-order valence-corrected chi connectivity index (χ1v) is 11.6. The van der Waals surface area contributed by atoms with Crippen LogP contribution in [0.5, 0.6) is 0 Å². The number of amides is 3. The molecule has 1 saturated heterocycles. The van der Waals surface area contributed by atoms with Gasteiger partial charge in [0.1, 0.15) is 6.04 Å². The zero-order valence-corrected chi connectivity index (χ0v) is 19.3. The summed E-state index contributed by atoms with van der Waals surface area (Å²) in [6, 6.07) is 14.7. The fourth-order valence-corrected chi connectivity index (χ4v) is 5.22. The van der Waals surface area contributed by atoms with Crippen molar-refractivity contribution in [1.29, 1.82) is 0 Å². The van der Waals surface area contributed by atoms with E-state index < -0.39 is 11.9 Å². The molecule has 3 heterocycles. The second-order valence-corrected chi connectivity index (χ2v) is 9.52. The van der Waals surface area contributed by atoms with Crippen LogP contribution in [0.25, 0.3) is 10.9 Å². The summed E-state index contributed by atoms with van der Waals surface area (Å²) in [5.41, 5.74) is 6.24. The molecule has 5 rings (SSSR count). The van der Waals surface area contributed by atoms with Gasteiger partial charge in [0.25, 0.3) is 5.91 Å². The van der Waals surface area contributed by atoms with E-state index in [0.717, 1.165) is 27.7 Å². The van der Waals surface area contributed by atoms with Gasteiger partial charge in [0.2, 0.25) is 11.8 Å². The lowest BCUT2D eigenvalue weighted by Gasteiger charge is -2.43. The first-order valence-electron chi connectivity index (χ1n) is 11.6. The minimum atomic E-state index is -0.554. The van der Waals surface area contributed by atoms with Crippen LogP contribution < -0.4 is 5.48 Å². The fraction of sp³-hybridized carbons (Fsp3) is 0.346. The highest BCUT2D eigenvalue weighted by atomic mass is 16.5. The van der Waals surface area contributed by atoms with Gasteiger partial charge in [0, 0.05) is 41.7 Å². The third-order valence-electron chi connectivity index (χ3n) is 6.78. The molecule has 0 spiro atoms. The number of rotatable bonds is 5. The standard InChI is InChI=1S/C26H28N4O4/c1-16(2)12-28-15-24(31)30-14-23-20(11-22(30)26(28)33)19-5-3-4-6-21(19)29(23)13-17-7-9-18(10-8-17)25(32)27-34/h3-10,16,22,34H,11-15H2,1-2H3,(H,27,32). The van der Waals surface area contributed by atoms with Gasteiger partial charge >= 0.3 is 0 Å². The Morgan fingerprint density at radius 1 is 1.09 bits per heavy atom. The fourth-order valence-electron chi connectivity index (χ4n) is 5.22.